The first-order valence-electron chi connectivity index (χ1n) is 10.8. The second-order valence-corrected chi connectivity index (χ2v) is 9.46. The monoisotopic (exact) mass is 423 g/mol. The van der Waals surface area contributed by atoms with Crippen LogP contribution in [-0.2, 0) is 11.2 Å². The first kappa shape index (κ1) is 21.2. The zero-order valence-electron chi connectivity index (χ0n) is 18.3. The Morgan fingerprint density at radius 1 is 1.13 bits per heavy atom. The molecule has 0 atom stereocenters. The first-order chi connectivity index (χ1) is 14.6. The molecule has 1 aliphatic carbocycles. The van der Waals surface area contributed by atoms with Gasteiger partial charge in [-0.3, -0.25) is 14.4 Å². The van der Waals surface area contributed by atoms with Gasteiger partial charge in [0, 0.05) is 48.8 Å². The molecule has 31 heavy (non-hydrogen) atoms. The van der Waals surface area contributed by atoms with E-state index in [-0.39, 0.29) is 34.7 Å². The van der Waals surface area contributed by atoms with Crippen molar-refractivity contribution in [3.8, 4) is 0 Å². The van der Waals surface area contributed by atoms with E-state index in [0.29, 0.717) is 35.4 Å². The van der Waals surface area contributed by atoms with Crippen LogP contribution in [0.2, 0.25) is 0 Å². The smallest absolute Gasteiger partial charge is 0.291 e. The van der Waals surface area contributed by atoms with Crippen molar-refractivity contribution in [3.63, 3.8) is 0 Å². The summed E-state index contributed by atoms with van der Waals surface area (Å²) in [6.07, 6.45) is 2.61. The molecule has 0 bridgehead atoms. The minimum atomic E-state index is -0.354. The Morgan fingerprint density at radius 3 is 2.39 bits per heavy atom. The van der Waals surface area contributed by atoms with Crippen molar-refractivity contribution in [2.24, 2.45) is 17.1 Å². The molecule has 1 aliphatic heterocycles. The van der Waals surface area contributed by atoms with E-state index in [4.69, 9.17) is 10.2 Å². The molecule has 4 rings (SSSR count). The minimum absolute atomic E-state index is 0.0380. The molecular formula is C24H29N3O4. The average molecular weight is 424 g/mol. The van der Waals surface area contributed by atoms with E-state index in [1.807, 2.05) is 38.1 Å². The van der Waals surface area contributed by atoms with Gasteiger partial charge >= 0.3 is 0 Å². The lowest BCUT2D eigenvalue weighted by Gasteiger charge is -2.32. The molecule has 0 radical (unpaired) electrons. The van der Waals surface area contributed by atoms with Crippen molar-refractivity contribution in [1.82, 2.24) is 0 Å². The number of piperidine rings is 1. The van der Waals surface area contributed by atoms with Crippen molar-refractivity contribution in [3.05, 3.63) is 46.9 Å². The lowest BCUT2D eigenvalue weighted by molar-refractivity contribution is -0.122. The van der Waals surface area contributed by atoms with Crippen LogP contribution in [0.25, 0.3) is 0 Å². The first-order valence-corrected chi connectivity index (χ1v) is 10.8. The van der Waals surface area contributed by atoms with Gasteiger partial charge in [-0.15, -0.1) is 0 Å². The normalized spacial score (nSPS) is 18.5. The molecule has 1 fully saturated rings. The van der Waals surface area contributed by atoms with Gasteiger partial charge in [0.15, 0.2) is 11.5 Å². The SMILES string of the molecule is Cc1c(C(=O)Nc2ccc(N3CCC(C(N)=O)CC3)cc2)oc2c1C(=O)CC(C)(C)C2. The van der Waals surface area contributed by atoms with Crippen LogP contribution in [0.1, 0.15) is 65.3 Å². The Bertz CT molecular complexity index is 1030. The van der Waals surface area contributed by atoms with E-state index >= 15 is 0 Å². The van der Waals surface area contributed by atoms with Crippen LogP contribution >= 0.6 is 0 Å². The number of rotatable bonds is 4. The van der Waals surface area contributed by atoms with Crippen LogP contribution in [0.15, 0.2) is 28.7 Å². The molecule has 0 unspecified atom stereocenters. The maximum absolute atomic E-state index is 12.8. The maximum atomic E-state index is 12.8. The number of carbonyl (C=O) groups is 3. The number of primary amides is 1. The molecule has 3 N–H and O–H groups in total. The second-order valence-electron chi connectivity index (χ2n) is 9.46. The highest BCUT2D eigenvalue weighted by Gasteiger charge is 2.37. The highest BCUT2D eigenvalue weighted by Crippen LogP contribution is 2.38. The average Bonchev–Trinajstić information content (AvgIpc) is 3.04. The number of hydrogen-bond acceptors (Lipinski definition) is 5. The summed E-state index contributed by atoms with van der Waals surface area (Å²) in [4.78, 5) is 38.9. The largest absolute Gasteiger partial charge is 0.455 e. The Hall–Kier alpha value is -3.09. The van der Waals surface area contributed by atoms with Gasteiger partial charge in [-0.25, -0.2) is 0 Å². The number of Topliss-reactive ketones (excluding diaryl/α,β-unsaturated/α-hetero) is 1. The Labute approximate surface area is 182 Å². The summed E-state index contributed by atoms with van der Waals surface area (Å²) in [5.41, 5.74) is 8.12. The number of ketones is 1. The zero-order chi connectivity index (χ0) is 22.3. The van der Waals surface area contributed by atoms with Crippen molar-refractivity contribution in [2.45, 2.75) is 46.5 Å². The molecule has 7 heteroatoms. The van der Waals surface area contributed by atoms with Gasteiger partial charge in [0.1, 0.15) is 5.76 Å². The number of hydrogen-bond donors (Lipinski definition) is 2. The minimum Gasteiger partial charge on any atom is -0.455 e. The van der Waals surface area contributed by atoms with Crippen molar-refractivity contribution >= 4 is 29.0 Å². The van der Waals surface area contributed by atoms with Crippen molar-refractivity contribution < 1.29 is 18.8 Å². The zero-order valence-corrected chi connectivity index (χ0v) is 18.3. The number of nitrogens with two attached hydrogens (primary N) is 1. The molecule has 2 amide bonds. The van der Waals surface area contributed by atoms with Crippen LogP contribution in [-0.4, -0.2) is 30.7 Å². The Balaban J connectivity index is 1.44. The summed E-state index contributed by atoms with van der Waals surface area (Å²) in [5, 5.41) is 2.87. The summed E-state index contributed by atoms with van der Waals surface area (Å²) in [6.45, 7) is 7.39. The van der Waals surface area contributed by atoms with Crippen LogP contribution in [0.3, 0.4) is 0 Å². The molecule has 1 saturated heterocycles. The predicted octanol–water partition coefficient (Wildman–Crippen LogP) is 3.70. The molecule has 2 aromatic rings. The lowest BCUT2D eigenvalue weighted by Crippen LogP contribution is -2.38. The van der Waals surface area contributed by atoms with Gasteiger partial charge in [0.05, 0.1) is 5.56 Å². The van der Waals surface area contributed by atoms with Crippen molar-refractivity contribution in [1.29, 1.82) is 0 Å². The van der Waals surface area contributed by atoms with Crippen LogP contribution in [0.4, 0.5) is 11.4 Å². The fourth-order valence-corrected chi connectivity index (χ4v) is 4.67. The molecule has 164 valence electrons. The van der Waals surface area contributed by atoms with Crippen LogP contribution in [0, 0.1) is 18.3 Å². The molecular weight excluding hydrogens is 394 g/mol. The fourth-order valence-electron chi connectivity index (χ4n) is 4.67. The van der Waals surface area contributed by atoms with Gasteiger partial charge in [-0.1, -0.05) is 13.8 Å². The summed E-state index contributed by atoms with van der Waals surface area (Å²) in [7, 11) is 0. The molecule has 7 nitrogen and oxygen atoms in total. The molecule has 1 aromatic heterocycles. The third-order valence-corrected chi connectivity index (χ3v) is 6.37. The topological polar surface area (TPSA) is 106 Å². The van der Waals surface area contributed by atoms with Crippen molar-refractivity contribution in [2.75, 3.05) is 23.3 Å². The lowest BCUT2D eigenvalue weighted by atomic mass is 9.76. The van der Waals surface area contributed by atoms with Crippen LogP contribution < -0.4 is 16.0 Å². The molecule has 2 heterocycles. The summed E-state index contributed by atoms with van der Waals surface area (Å²) < 4.78 is 5.85. The standard InChI is InChI=1S/C24H29N3O4/c1-14-20-18(28)12-24(2,3)13-19(20)31-21(14)23(30)26-16-4-6-17(7-5-16)27-10-8-15(9-11-27)22(25)29/h4-7,15H,8-13H2,1-3H3,(H2,25,29)(H,26,30). The number of nitrogens with zero attached hydrogens (tertiary/aromatic N) is 1. The van der Waals surface area contributed by atoms with E-state index < -0.39 is 0 Å². The summed E-state index contributed by atoms with van der Waals surface area (Å²) in [6, 6.07) is 7.60. The molecule has 1 aromatic carbocycles. The number of anilines is 2. The van der Waals surface area contributed by atoms with Gasteiger partial charge in [-0.05, 0) is 49.4 Å². The van der Waals surface area contributed by atoms with Gasteiger partial charge in [-0.2, -0.15) is 0 Å². The summed E-state index contributed by atoms with van der Waals surface area (Å²) in [5.74, 6) is 0.225. The van der Waals surface area contributed by atoms with E-state index in [2.05, 4.69) is 10.2 Å². The summed E-state index contributed by atoms with van der Waals surface area (Å²) >= 11 is 0. The van der Waals surface area contributed by atoms with E-state index in [1.54, 1.807) is 6.92 Å². The van der Waals surface area contributed by atoms with E-state index in [1.165, 1.54) is 0 Å². The molecule has 2 aliphatic rings. The highest BCUT2D eigenvalue weighted by molar-refractivity contribution is 6.07. The Kier molecular flexibility index (Phi) is 5.37. The van der Waals surface area contributed by atoms with E-state index in [0.717, 1.165) is 31.6 Å². The number of benzene rings is 1. The predicted molar refractivity (Wildman–Crippen MR) is 118 cm³/mol. The number of amides is 2. The van der Waals surface area contributed by atoms with E-state index in [9.17, 15) is 14.4 Å². The highest BCUT2D eigenvalue weighted by atomic mass is 16.4. The fraction of sp³-hybridized carbons (Fsp3) is 0.458. The number of furan rings is 1. The molecule has 0 spiro atoms. The number of nitrogens with one attached hydrogen (secondary N) is 1. The van der Waals surface area contributed by atoms with Gasteiger partial charge < -0.3 is 20.4 Å². The third kappa shape index (κ3) is 4.22. The van der Waals surface area contributed by atoms with Gasteiger partial charge in [0.25, 0.3) is 5.91 Å². The number of fused-ring (bicyclic) bond motifs is 1. The molecule has 0 saturated carbocycles. The van der Waals surface area contributed by atoms with Crippen LogP contribution in [0.5, 0.6) is 0 Å². The van der Waals surface area contributed by atoms with Gasteiger partial charge in [0.2, 0.25) is 5.91 Å². The number of carbonyl (C=O) groups excluding carboxylic acids is 3. The quantitative estimate of drug-likeness (QED) is 0.780. The maximum Gasteiger partial charge on any atom is 0.291 e. The second kappa shape index (κ2) is 7.87. The third-order valence-electron chi connectivity index (χ3n) is 6.37. The Morgan fingerprint density at radius 2 is 1.77 bits per heavy atom.